The molecule has 0 unspecified atom stereocenters. The number of rotatable bonds is 19. The molecule has 4 aromatic rings. The van der Waals surface area contributed by atoms with E-state index in [0.29, 0.717) is 10.5 Å². The number of nitrogens with one attached hydrogen (secondary N) is 2. The van der Waals surface area contributed by atoms with Gasteiger partial charge in [0.15, 0.2) is 0 Å². The maximum atomic E-state index is 10.3. The number of halogens is 1. The molecule has 7 nitrogen and oxygen atoms in total. The SMILES string of the molecule is CCCCCCCCCCCCN(CCNc1cc[n+](O)c2cc(C)ccc12)CCNc1cc[n+](O)c2cc(Cl)ccc12. The molecule has 0 radical (unpaired) electrons. The van der Waals surface area contributed by atoms with Gasteiger partial charge in [0.2, 0.25) is 12.4 Å². The lowest BCUT2D eigenvalue weighted by Crippen LogP contribution is -2.35. The summed E-state index contributed by atoms with van der Waals surface area (Å²) in [4.78, 5) is 2.53. The second-order valence-electron chi connectivity index (χ2n) is 11.7. The highest BCUT2D eigenvalue weighted by molar-refractivity contribution is 6.31. The molecule has 0 saturated carbocycles. The lowest BCUT2D eigenvalue weighted by Gasteiger charge is -2.23. The van der Waals surface area contributed by atoms with E-state index in [-0.39, 0.29) is 0 Å². The molecule has 0 fully saturated rings. The Hall–Kier alpha value is -3.29. The van der Waals surface area contributed by atoms with Gasteiger partial charge in [0.1, 0.15) is 0 Å². The van der Waals surface area contributed by atoms with Gasteiger partial charge in [-0.2, -0.15) is 0 Å². The van der Waals surface area contributed by atoms with E-state index in [1.54, 1.807) is 18.5 Å². The molecule has 0 aliphatic rings. The van der Waals surface area contributed by atoms with E-state index >= 15 is 0 Å². The van der Waals surface area contributed by atoms with Gasteiger partial charge in [-0.1, -0.05) is 82.4 Å². The fourth-order valence-electron chi connectivity index (χ4n) is 5.78. The fraction of sp³-hybridized carbons (Fsp3) is 0.486. The van der Waals surface area contributed by atoms with Gasteiger partial charge in [0.05, 0.1) is 22.1 Å². The van der Waals surface area contributed by atoms with Crippen molar-refractivity contribution in [3.05, 3.63) is 71.5 Å². The predicted octanol–water partition coefficient (Wildman–Crippen LogP) is 7.75. The summed E-state index contributed by atoms with van der Waals surface area (Å²) in [7, 11) is 0. The maximum Gasteiger partial charge on any atom is 0.268 e. The average Bonchev–Trinajstić information content (AvgIpc) is 3.00. The molecule has 0 bridgehead atoms. The lowest BCUT2D eigenvalue weighted by atomic mass is 10.1. The second-order valence-corrected chi connectivity index (χ2v) is 12.1. The van der Waals surface area contributed by atoms with Crippen molar-refractivity contribution in [3.8, 4) is 0 Å². The third kappa shape index (κ3) is 9.87. The monoisotopic (exact) mass is 607 g/mol. The predicted molar refractivity (Wildman–Crippen MR) is 178 cm³/mol. The Morgan fingerprint density at radius 1 is 0.651 bits per heavy atom. The van der Waals surface area contributed by atoms with Crippen LogP contribution in [0.3, 0.4) is 0 Å². The Morgan fingerprint density at radius 2 is 1.16 bits per heavy atom. The summed E-state index contributed by atoms with van der Waals surface area (Å²) < 4.78 is 2.30. The molecule has 2 aromatic carbocycles. The zero-order valence-electron chi connectivity index (χ0n) is 26.0. The molecule has 0 saturated heterocycles. The summed E-state index contributed by atoms with van der Waals surface area (Å²) in [6, 6.07) is 15.6. The van der Waals surface area contributed by atoms with Crippen LogP contribution in [0.4, 0.5) is 11.4 Å². The molecular formula is C35H50ClN5O2+2. The molecule has 2 aromatic heterocycles. The minimum Gasteiger partial charge on any atom is -0.383 e. The zero-order chi connectivity index (χ0) is 30.4. The second kappa shape index (κ2) is 17.1. The smallest absolute Gasteiger partial charge is 0.268 e. The Bertz CT molecular complexity index is 1350. The third-order valence-electron chi connectivity index (χ3n) is 8.27. The van der Waals surface area contributed by atoms with Crippen LogP contribution in [0.1, 0.15) is 76.7 Å². The number of pyridine rings is 2. The van der Waals surface area contributed by atoms with Gasteiger partial charge in [-0.25, -0.2) is 0 Å². The molecule has 232 valence electrons. The molecule has 2 heterocycles. The van der Waals surface area contributed by atoms with Gasteiger partial charge in [-0.15, -0.1) is 0 Å². The number of fused-ring (bicyclic) bond motifs is 2. The Labute approximate surface area is 262 Å². The van der Waals surface area contributed by atoms with E-state index < -0.39 is 0 Å². The average molecular weight is 608 g/mol. The van der Waals surface area contributed by atoms with Crippen LogP contribution < -0.4 is 20.1 Å². The molecule has 8 heteroatoms. The van der Waals surface area contributed by atoms with Crippen molar-refractivity contribution in [1.82, 2.24) is 4.90 Å². The van der Waals surface area contributed by atoms with Crippen LogP contribution in [-0.2, 0) is 0 Å². The normalized spacial score (nSPS) is 11.5. The highest BCUT2D eigenvalue weighted by Crippen LogP contribution is 2.24. The minimum atomic E-state index is 0.595. The molecule has 0 amide bonds. The summed E-state index contributed by atoms with van der Waals surface area (Å²) >= 11 is 6.17. The summed E-state index contributed by atoms with van der Waals surface area (Å²) in [5.74, 6) is 0. The van der Waals surface area contributed by atoms with Crippen LogP contribution >= 0.6 is 11.6 Å². The number of aromatic nitrogens is 2. The quantitative estimate of drug-likeness (QED) is 0.0498. The molecule has 43 heavy (non-hydrogen) atoms. The summed E-state index contributed by atoms with van der Waals surface area (Å²) in [5, 5.41) is 30.3. The number of anilines is 2. The van der Waals surface area contributed by atoms with E-state index in [0.717, 1.165) is 70.7 Å². The van der Waals surface area contributed by atoms with Gasteiger partial charge in [-0.05, 0) is 43.7 Å². The van der Waals surface area contributed by atoms with Crippen molar-refractivity contribution in [1.29, 1.82) is 0 Å². The first-order valence-corrected chi connectivity index (χ1v) is 16.5. The summed E-state index contributed by atoms with van der Waals surface area (Å²) in [5.41, 5.74) is 4.61. The molecule has 0 spiro atoms. The molecule has 0 aliphatic heterocycles. The number of hydrogen-bond acceptors (Lipinski definition) is 5. The third-order valence-corrected chi connectivity index (χ3v) is 8.50. The van der Waals surface area contributed by atoms with Crippen molar-refractivity contribution >= 4 is 44.8 Å². The van der Waals surface area contributed by atoms with E-state index in [9.17, 15) is 10.4 Å². The lowest BCUT2D eigenvalue weighted by molar-refractivity contribution is -0.884. The minimum absolute atomic E-state index is 0.595. The van der Waals surface area contributed by atoms with E-state index in [4.69, 9.17) is 11.6 Å². The van der Waals surface area contributed by atoms with Crippen LogP contribution in [0.5, 0.6) is 0 Å². The maximum absolute atomic E-state index is 10.3. The Balaban J connectivity index is 1.31. The Kier molecular flexibility index (Phi) is 13.0. The first-order chi connectivity index (χ1) is 21.0. The molecule has 0 atom stereocenters. The van der Waals surface area contributed by atoms with Crippen molar-refractivity contribution in [2.45, 2.75) is 78.1 Å². The van der Waals surface area contributed by atoms with Crippen molar-refractivity contribution in [2.75, 3.05) is 43.4 Å². The first-order valence-electron chi connectivity index (χ1n) is 16.1. The van der Waals surface area contributed by atoms with Crippen molar-refractivity contribution in [3.63, 3.8) is 0 Å². The molecule has 0 aliphatic carbocycles. The number of unbranched alkanes of at least 4 members (excludes halogenated alkanes) is 9. The molecular weight excluding hydrogens is 558 g/mol. The number of benzene rings is 2. The van der Waals surface area contributed by atoms with Gasteiger partial charge < -0.3 is 10.6 Å². The van der Waals surface area contributed by atoms with Gasteiger partial charge in [-0.3, -0.25) is 15.3 Å². The van der Waals surface area contributed by atoms with Gasteiger partial charge in [0.25, 0.3) is 11.0 Å². The zero-order valence-corrected chi connectivity index (χ0v) is 26.8. The van der Waals surface area contributed by atoms with Crippen LogP contribution in [-0.4, -0.2) is 48.0 Å². The topological polar surface area (TPSA) is 75.5 Å². The van der Waals surface area contributed by atoms with Crippen molar-refractivity contribution < 1.29 is 19.9 Å². The van der Waals surface area contributed by atoms with E-state index in [1.165, 1.54) is 68.9 Å². The largest absolute Gasteiger partial charge is 0.383 e. The van der Waals surface area contributed by atoms with Crippen LogP contribution in [0.2, 0.25) is 5.02 Å². The number of aryl methyl sites for hydroxylation is 1. The molecule has 4 rings (SSSR count). The van der Waals surface area contributed by atoms with Gasteiger partial charge in [0, 0.05) is 64.9 Å². The number of hydrogen-bond donors (Lipinski definition) is 4. The highest BCUT2D eigenvalue weighted by atomic mass is 35.5. The van der Waals surface area contributed by atoms with Crippen LogP contribution in [0, 0.1) is 6.92 Å². The number of nitrogens with zero attached hydrogens (tertiary/aromatic N) is 3. The van der Waals surface area contributed by atoms with Crippen LogP contribution in [0.15, 0.2) is 60.9 Å². The van der Waals surface area contributed by atoms with Crippen molar-refractivity contribution in [2.24, 2.45) is 0 Å². The summed E-state index contributed by atoms with van der Waals surface area (Å²) in [6.45, 7) is 8.81. The van der Waals surface area contributed by atoms with E-state index in [1.807, 2.05) is 37.3 Å². The molecule has 4 N–H and O–H groups in total. The summed E-state index contributed by atoms with van der Waals surface area (Å²) in [6.07, 6.45) is 16.7. The van der Waals surface area contributed by atoms with Crippen LogP contribution in [0.25, 0.3) is 21.8 Å². The first kappa shape index (κ1) is 32.6. The van der Waals surface area contributed by atoms with E-state index in [2.05, 4.69) is 34.6 Å². The fourth-order valence-corrected chi connectivity index (χ4v) is 5.94. The highest BCUT2D eigenvalue weighted by Gasteiger charge is 2.15. The van der Waals surface area contributed by atoms with Gasteiger partial charge >= 0.3 is 0 Å². The standard InChI is InChI=1S/C35H48ClN5O2/c1-3-4-5-6-7-8-9-10-11-12-21-39(24-19-37-32-17-22-40(42)34-26-28(2)13-15-30(32)34)25-20-38-33-18-23-41(43)35-27-29(36)14-16-31(33)35/h13-18,22-23,26-27,42-43H,3-12,19-21,24-25H2,1-2H3/p+2. The Morgan fingerprint density at radius 3 is 1.74 bits per heavy atom.